The van der Waals surface area contributed by atoms with Crippen LogP contribution in [-0.4, -0.2) is 18.2 Å². The maximum Gasteiger partial charge on any atom is 0.234 e. The number of hydrogen-bond acceptors (Lipinski definition) is 3. The molecule has 0 aliphatic carbocycles. The van der Waals surface area contributed by atoms with Crippen LogP contribution >= 0.6 is 11.8 Å². The molecule has 0 saturated heterocycles. The average molecular weight is 264 g/mol. The van der Waals surface area contributed by atoms with E-state index in [1.807, 2.05) is 6.07 Å². The number of amides is 1. The van der Waals surface area contributed by atoms with E-state index < -0.39 is 0 Å². The molecule has 0 atom stereocenters. The zero-order valence-corrected chi connectivity index (χ0v) is 11.8. The van der Waals surface area contributed by atoms with Gasteiger partial charge in [-0.1, -0.05) is 19.9 Å². The summed E-state index contributed by atoms with van der Waals surface area (Å²) in [4.78, 5) is 12.5. The molecule has 1 aromatic carbocycles. The van der Waals surface area contributed by atoms with Crippen LogP contribution in [0.15, 0.2) is 23.1 Å². The topological polar surface area (TPSA) is 55.1 Å². The van der Waals surface area contributed by atoms with Crippen LogP contribution in [0.1, 0.15) is 25.8 Å². The molecular weight excluding hydrogens is 244 g/mol. The molecule has 1 aliphatic rings. The van der Waals surface area contributed by atoms with Gasteiger partial charge in [0, 0.05) is 4.90 Å². The summed E-state index contributed by atoms with van der Waals surface area (Å²) in [6, 6.07) is 6.30. The highest BCUT2D eigenvalue weighted by Gasteiger charge is 2.20. The molecule has 0 aromatic heterocycles. The lowest BCUT2D eigenvalue weighted by atomic mass is 9.83. The number of benzene rings is 1. The Morgan fingerprint density at radius 2 is 2.22 bits per heavy atom. The first kappa shape index (κ1) is 13.4. The van der Waals surface area contributed by atoms with Crippen LogP contribution in [-0.2, 0) is 11.2 Å². The normalized spacial score (nSPS) is 15.2. The lowest BCUT2D eigenvalue weighted by molar-refractivity contribution is -0.113. The van der Waals surface area contributed by atoms with Crippen molar-refractivity contribution in [2.24, 2.45) is 11.1 Å². The van der Waals surface area contributed by atoms with Gasteiger partial charge in [-0.25, -0.2) is 0 Å². The number of nitrogens with two attached hydrogens (primary N) is 1. The van der Waals surface area contributed by atoms with Gasteiger partial charge in [-0.05, 0) is 42.5 Å². The molecule has 18 heavy (non-hydrogen) atoms. The zero-order chi connectivity index (χ0) is 13.2. The Bertz CT molecular complexity index is 457. The fraction of sp³-hybridized carbons (Fsp3) is 0.500. The number of nitrogens with one attached hydrogen (secondary N) is 1. The van der Waals surface area contributed by atoms with E-state index in [9.17, 15) is 4.79 Å². The predicted octanol–water partition coefficient (Wildman–Crippen LogP) is 2.65. The Hall–Kier alpha value is -1.00. The largest absolute Gasteiger partial charge is 0.330 e. The molecule has 0 bridgehead atoms. The van der Waals surface area contributed by atoms with E-state index in [0.717, 1.165) is 25.1 Å². The lowest BCUT2D eigenvalue weighted by Gasteiger charge is -2.25. The standard InChI is InChI=1S/C14H20N2OS/c1-14(2,5-6-15)8-10-3-4-11-12(7-10)18-9-13(17)16-11/h3-4,7H,5-6,8-9,15H2,1-2H3,(H,16,17). The van der Waals surface area contributed by atoms with Crippen molar-refractivity contribution in [2.45, 2.75) is 31.6 Å². The molecule has 1 aliphatic heterocycles. The number of anilines is 1. The molecule has 0 saturated carbocycles. The van der Waals surface area contributed by atoms with Crippen molar-refractivity contribution in [3.63, 3.8) is 0 Å². The van der Waals surface area contributed by atoms with Crippen molar-refractivity contribution >= 4 is 23.4 Å². The maximum atomic E-state index is 11.3. The number of fused-ring (bicyclic) bond motifs is 1. The summed E-state index contributed by atoms with van der Waals surface area (Å²) < 4.78 is 0. The first-order chi connectivity index (χ1) is 8.50. The molecule has 98 valence electrons. The van der Waals surface area contributed by atoms with Gasteiger partial charge in [0.25, 0.3) is 0 Å². The predicted molar refractivity (Wildman–Crippen MR) is 77.0 cm³/mol. The first-order valence-corrected chi connectivity index (χ1v) is 7.24. The summed E-state index contributed by atoms with van der Waals surface area (Å²) in [6.45, 7) is 5.21. The van der Waals surface area contributed by atoms with Gasteiger partial charge in [0.15, 0.2) is 0 Å². The first-order valence-electron chi connectivity index (χ1n) is 6.26. The quantitative estimate of drug-likeness (QED) is 0.879. The van der Waals surface area contributed by atoms with Gasteiger partial charge < -0.3 is 11.1 Å². The zero-order valence-electron chi connectivity index (χ0n) is 11.0. The van der Waals surface area contributed by atoms with Crippen molar-refractivity contribution in [3.8, 4) is 0 Å². The number of thioether (sulfide) groups is 1. The molecular formula is C14H20N2OS. The Morgan fingerprint density at radius 1 is 1.44 bits per heavy atom. The van der Waals surface area contributed by atoms with Crippen LogP contribution in [0.3, 0.4) is 0 Å². The van der Waals surface area contributed by atoms with Gasteiger partial charge in [-0.2, -0.15) is 0 Å². The molecule has 0 fully saturated rings. The Kier molecular flexibility index (Phi) is 3.97. The molecule has 0 unspecified atom stereocenters. The van der Waals surface area contributed by atoms with Crippen molar-refractivity contribution < 1.29 is 4.79 Å². The van der Waals surface area contributed by atoms with Crippen LogP contribution in [0.5, 0.6) is 0 Å². The SMILES string of the molecule is CC(C)(CCN)Cc1ccc2c(c1)SCC(=O)N2. The van der Waals surface area contributed by atoms with Gasteiger partial charge in [-0.3, -0.25) is 4.79 Å². The van der Waals surface area contributed by atoms with E-state index in [1.54, 1.807) is 11.8 Å². The van der Waals surface area contributed by atoms with Gasteiger partial charge in [-0.15, -0.1) is 11.8 Å². The van der Waals surface area contributed by atoms with Crippen LogP contribution < -0.4 is 11.1 Å². The van der Waals surface area contributed by atoms with Gasteiger partial charge in [0.2, 0.25) is 5.91 Å². The molecule has 1 aromatic rings. The van der Waals surface area contributed by atoms with Gasteiger partial charge >= 0.3 is 0 Å². The van der Waals surface area contributed by atoms with Crippen LogP contribution in [0.4, 0.5) is 5.69 Å². The van der Waals surface area contributed by atoms with Gasteiger partial charge in [0.1, 0.15) is 0 Å². The molecule has 0 radical (unpaired) electrons. The number of rotatable bonds is 4. The molecule has 1 heterocycles. The molecule has 3 N–H and O–H groups in total. The van der Waals surface area contributed by atoms with Gasteiger partial charge in [0.05, 0.1) is 11.4 Å². The highest BCUT2D eigenvalue weighted by Crippen LogP contribution is 2.34. The van der Waals surface area contributed by atoms with E-state index in [2.05, 4.69) is 31.3 Å². The van der Waals surface area contributed by atoms with E-state index in [0.29, 0.717) is 5.75 Å². The number of hydrogen-bond donors (Lipinski definition) is 2. The molecule has 2 rings (SSSR count). The Labute approximate surface area is 113 Å². The fourth-order valence-corrected chi connectivity index (χ4v) is 3.13. The van der Waals surface area contributed by atoms with Crippen molar-refractivity contribution in [1.82, 2.24) is 0 Å². The lowest BCUT2D eigenvalue weighted by Crippen LogP contribution is -2.21. The van der Waals surface area contributed by atoms with Crippen LogP contribution in [0.2, 0.25) is 0 Å². The van der Waals surface area contributed by atoms with E-state index in [-0.39, 0.29) is 11.3 Å². The molecule has 3 nitrogen and oxygen atoms in total. The highest BCUT2D eigenvalue weighted by molar-refractivity contribution is 8.00. The molecule has 1 amide bonds. The van der Waals surface area contributed by atoms with Crippen molar-refractivity contribution in [2.75, 3.05) is 17.6 Å². The van der Waals surface area contributed by atoms with Crippen molar-refractivity contribution in [3.05, 3.63) is 23.8 Å². The van der Waals surface area contributed by atoms with E-state index >= 15 is 0 Å². The summed E-state index contributed by atoms with van der Waals surface area (Å²) in [5.74, 6) is 0.603. The van der Waals surface area contributed by atoms with Crippen LogP contribution in [0, 0.1) is 5.41 Å². The van der Waals surface area contributed by atoms with Crippen LogP contribution in [0.25, 0.3) is 0 Å². The minimum Gasteiger partial charge on any atom is -0.330 e. The second kappa shape index (κ2) is 5.33. The summed E-state index contributed by atoms with van der Waals surface area (Å²) in [7, 11) is 0. The maximum absolute atomic E-state index is 11.3. The number of carbonyl (C=O) groups is 1. The molecule has 4 heteroatoms. The Balaban J connectivity index is 2.14. The average Bonchev–Trinajstić information content (AvgIpc) is 2.28. The van der Waals surface area contributed by atoms with E-state index in [1.165, 1.54) is 10.5 Å². The summed E-state index contributed by atoms with van der Waals surface area (Å²) in [6.07, 6.45) is 2.04. The summed E-state index contributed by atoms with van der Waals surface area (Å²) >= 11 is 1.61. The minimum atomic E-state index is 0.0868. The summed E-state index contributed by atoms with van der Waals surface area (Å²) in [5, 5.41) is 2.90. The molecule has 0 spiro atoms. The third-order valence-electron chi connectivity index (χ3n) is 3.18. The monoisotopic (exact) mass is 264 g/mol. The third kappa shape index (κ3) is 3.27. The van der Waals surface area contributed by atoms with Crippen molar-refractivity contribution in [1.29, 1.82) is 0 Å². The second-order valence-corrected chi connectivity index (χ2v) is 6.56. The second-order valence-electron chi connectivity index (χ2n) is 5.55. The number of carbonyl (C=O) groups excluding carboxylic acids is 1. The Morgan fingerprint density at radius 3 is 2.94 bits per heavy atom. The van der Waals surface area contributed by atoms with E-state index in [4.69, 9.17) is 5.73 Å². The fourth-order valence-electron chi connectivity index (χ4n) is 2.26. The third-order valence-corrected chi connectivity index (χ3v) is 4.24. The highest BCUT2D eigenvalue weighted by atomic mass is 32.2. The summed E-state index contributed by atoms with van der Waals surface area (Å²) in [5.41, 5.74) is 8.13. The minimum absolute atomic E-state index is 0.0868. The smallest absolute Gasteiger partial charge is 0.234 e.